The molecule has 0 radical (unpaired) electrons. The largest absolute Gasteiger partial charge is 0.397 e. The zero-order chi connectivity index (χ0) is 13.3. The maximum Gasteiger partial charge on any atom is 0.166 e. The Labute approximate surface area is 110 Å². The molecule has 0 unspecified atom stereocenters. The Bertz CT molecular complexity index is 548. The van der Waals surface area contributed by atoms with Crippen LogP contribution in [0, 0.1) is 5.82 Å². The van der Waals surface area contributed by atoms with E-state index in [1.54, 1.807) is 0 Å². The molecule has 0 aliphatic carbocycles. The summed E-state index contributed by atoms with van der Waals surface area (Å²) in [6, 6.07) is 2.82. The number of rotatable bonds is 2. The SMILES string of the molecule is Nc1ccc(Cl)c(F)c1NC1CCS(=O)(=O)CC1. The van der Waals surface area contributed by atoms with Crippen LogP contribution in [0.5, 0.6) is 0 Å². The van der Waals surface area contributed by atoms with Crippen LogP contribution >= 0.6 is 11.6 Å². The predicted molar refractivity (Wildman–Crippen MR) is 71.1 cm³/mol. The second-order valence-electron chi connectivity index (χ2n) is 4.40. The van der Waals surface area contributed by atoms with Crippen molar-refractivity contribution >= 4 is 32.8 Å². The van der Waals surface area contributed by atoms with Crippen LogP contribution in [-0.4, -0.2) is 26.0 Å². The van der Waals surface area contributed by atoms with E-state index in [-0.39, 0.29) is 33.9 Å². The van der Waals surface area contributed by atoms with E-state index in [2.05, 4.69) is 5.32 Å². The van der Waals surface area contributed by atoms with Crippen LogP contribution in [0.1, 0.15) is 12.8 Å². The van der Waals surface area contributed by atoms with E-state index in [1.807, 2.05) is 0 Å². The van der Waals surface area contributed by atoms with Gasteiger partial charge in [-0.05, 0) is 25.0 Å². The molecule has 18 heavy (non-hydrogen) atoms. The fourth-order valence-electron chi connectivity index (χ4n) is 1.95. The van der Waals surface area contributed by atoms with Gasteiger partial charge in [-0.1, -0.05) is 11.6 Å². The molecule has 1 aliphatic heterocycles. The number of nitrogen functional groups attached to an aromatic ring is 1. The molecule has 0 amide bonds. The molecule has 2 rings (SSSR count). The maximum atomic E-state index is 13.8. The summed E-state index contributed by atoms with van der Waals surface area (Å²) < 4.78 is 36.4. The Kier molecular flexibility index (Phi) is 3.68. The second-order valence-corrected chi connectivity index (χ2v) is 7.11. The van der Waals surface area contributed by atoms with E-state index in [1.165, 1.54) is 12.1 Å². The molecule has 0 saturated carbocycles. The molecule has 1 saturated heterocycles. The highest BCUT2D eigenvalue weighted by molar-refractivity contribution is 7.91. The van der Waals surface area contributed by atoms with Crippen molar-refractivity contribution in [1.29, 1.82) is 0 Å². The lowest BCUT2D eigenvalue weighted by Crippen LogP contribution is -2.32. The molecule has 3 N–H and O–H groups in total. The quantitative estimate of drug-likeness (QED) is 0.818. The second kappa shape index (κ2) is 4.93. The molecule has 100 valence electrons. The van der Waals surface area contributed by atoms with Crippen molar-refractivity contribution in [1.82, 2.24) is 0 Å². The van der Waals surface area contributed by atoms with Crippen molar-refractivity contribution in [2.45, 2.75) is 18.9 Å². The van der Waals surface area contributed by atoms with Gasteiger partial charge in [-0.25, -0.2) is 12.8 Å². The summed E-state index contributed by atoms with van der Waals surface area (Å²) >= 11 is 5.68. The number of halogens is 2. The summed E-state index contributed by atoms with van der Waals surface area (Å²) in [6.07, 6.45) is 0.904. The van der Waals surface area contributed by atoms with Crippen LogP contribution in [0.3, 0.4) is 0 Å². The normalized spacial score (nSPS) is 19.7. The van der Waals surface area contributed by atoms with Crippen LogP contribution in [0.4, 0.5) is 15.8 Å². The molecule has 0 spiro atoms. The first-order chi connectivity index (χ1) is 8.39. The Morgan fingerprint density at radius 1 is 1.33 bits per heavy atom. The lowest BCUT2D eigenvalue weighted by molar-refractivity contribution is 0.557. The Balaban J connectivity index is 2.14. The lowest BCUT2D eigenvalue weighted by Gasteiger charge is -2.25. The Morgan fingerprint density at radius 3 is 2.56 bits per heavy atom. The van der Waals surface area contributed by atoms with E-state index >= 15 is 0 Å². The number of sulfone groups is 1. The molecule has 0 bridgehead atoms. The van der Waals surface area contributed by atoms with Gasteiger partial charge in [0.2, 0.25) is 0 Å². The van der Waals surface area contributed by atoms with Crippen molar-refractivity contribution in [3.63, 3.8) is 0 Å². The van der Waals surface area contributed by atoms with Gasteiger partial charge < -0.3 is 11.1 Å². The van der Waals surface area contributed by atoms with Crippen LogP contribution in [0.2, 0.25) is 5.02 Å². The average Bonchev–Trinajstić information content (AvgIpc) is 2.32. The summed E-state index contributed by atoms with van der Waals surface area (Å²) in [5, 5.41) is 2.94. The standard InChI is InChI=1S/C11H14ClFN2O2S/c12-8-1-2-9(14)11(10(8)13)15-7-3-5-18(16,17)6-4-7/h1-2,7,15H,3-6,14H2. The van der Waals surface area contributed by atoms with Crippen molar-refractivity contribution in [3.05, 3.63) is 23.0 Å². The highest BCUT2D eigenvalue weighted by Crippen LogP contribution is 2.30. The lowest BCUT2D eigenvalue weighted by atomic mass is 10.1. The minimum atomic E-state index is -2.93. The molecule has 4 nitrogen and oxygen atoms in total. The predicted octanol–water partition coefficient (Wildman–Crippen LogP) is 2.05. The Hall–Kier alpha value is -1.01. The number of hydrogen-bond donors (Lipinski definition) is 2. The number of nitrogens with one attached hydrogen (secondary N) is 1. The van der Waals surface area contributed by atoms with E-state index in [0.717, 1.165) is 0 Å². The van der Waals surface area contributed by atoms with Gasteiger partial charge in [-0.15, -0.1) is 0 Å². The molecule has 1 aromatic rings. The molecule has 1 aliphatic rings. The minimum Gasteiger partial charge on any atom is -0.397 e. The van der Waals surface area contributed by atoms with Gasteiger partial charge in [-0.2, -0.15) is 0 Å². The van der Waals surface area contributed by atoms with E-state index < -0.39 is 15.7 Å². The first-order valence-electron chi connectivity index (χ1n) is 5.59. The zero-order valence-corrected chi connectivity index (χ0v) is 11.2. The number of hydrogen-bond acceptors (Lipinski definition) is 4. The molecular formula is C11H14ClFN2O2S. The monoisotopic (exact) mass is 292 g/mol. The molecule has 1 fully saturated rings. The van der Waals surface area contributed by atoms with Gasteiger partial charge >= 0.3 is 0 Å². The molecule has 7 heteroatoms. The molecule has 0 atom stereocenters. The third-order valence-corrected chi connectivity index (χ3v) is 5.04. The van der Waals surface area contributed by atoms with Gasteiger partial charge in [0, 0.05) is 6.04 Å². The summed E-state index contributed by atoms with van der Waals surface area (Å²) in [6.45, 7) is 0. The third-order valence-electron chi connectivity index (χ3n) is 3.03. The first kappa shape index (κ1) is 13.4. The summed E-state index contributed by atoms with van der Waals surface area (Å²) in [5.74, 6) is -0.357. The topological polar surface area (TPSA) is 72.2 Å². The van der Waals surface area contributed by atoms with Gasteiger partial charge in [0.15, 0.2) is 5.82 Å². The number of nitrogens with two attached hydrogens (primary N) is 1. The smallest absolute Gasteiger partial charge is 0.166 e. The van der Waals surface area contributed by atoms with Gasteiger partial charge in [0.1, 0.15) is 9.84 Å². The van der Waals surface area contributed by atoms with Crippen LogP contribution in [-0.2, 0) is 9.84 Å². The van der Waals surface area contributed by atoms with Crippen LogP contribution in [0.15, 0.2) is 12.1 Å². The molecule has 0 aromatic heterocycles. The number of anilines is 2. The van der Waals surface area contributed by atoms with Crippen molar-refractivity contribution in [3.8, 4) is 0 Å². The summed E-state index contributed by atoms with van der Waals surface area (Å²) in [5.41, 5.74) is 6.11. The fourth-order valence-corrected chi connectivity index (χ4v) is 3.60. The van der Waals surface area contributed by atoms with E-state index in [4.69, 9.17) is 17.3 Å². The van der Waals surface area contributed by atoms with Gasteiger partial charge in [0.25, 0.3) is 0 Å². The summed E-state index contributed by atoms with van der Waals surface area (Å²) in [7, 11) is -2.93. The first-order valence-corrected chi connectivity index (χ1v) is 7.79. The van der Waals surface area contributed by atoms with Gasteiger partial charge in [-0.3, -0.25) is 0 Å². The fraction of sp³-hybridized carbons (Fsp3) is 0.455. The molecular weight excluding hydrogens is 279 g/mol. The van der Waals surface area contributed by atoms with Crippen molar-refractivity contribution < 1.29 is 12.8 Å². The van der Waals surface area contributed by atoms with Crippen LogP contribution < -0.4 is 11.1 Å². The average molecular weight is 293 g/mol. The number of benzene rings is 1. The summed E-state index contributed by atoms with van der Waals surface area (Å²) in [4.78, 5) is 0. The highest BCUT2D eigenvalue weighted by Gasteiger charge is 2.24. The maximum absolute atomic E-state index is 13.8. The van der Waals surface area contributed by atoms with Crippen molar-refractivity contribution in [2.75, 3.05) is 22.6 Å². The van der Waals surface area contributed by atoms with E-state index in [9.17, 15) is 12.8 Å². The zero-order valence-electron chi connectivity index (χ0n) is 9.62. The van der Waals surface area contributed by atoms with Crippen LogP contribution in [0.25, 0.3) is 0 Å². The Morgan fingerprint density at radius 2 is 1.94 bits per heavy atom. The minimum absolute atomic E-state index is 0.00451. The molecule has 1 heterocycles. The highest BCUT2D eigenvalue weighted by atomic mass is 35.5. The van der Waals surface area contributed by atoms with E-state index in [0.29, 0.717) is 12.8 Å². The third kappa shape index (κ3) is 2.87. The van der Waals surface area contributed by atoms with Crippen molar-refractivity contribution in [2.24, 2.45) is 0 Å². The molecule has 1 aromatic carbocycles. The van der Waals surface area contributed by atoms with Gasteiger partial charge in [0.05, 0.1) is 27.9 Å².